The molecule has 0 atom stereocenters. The monoisotopic (exact) mass is 409 g/mol. The summed E-state index contributed by atoms with van der Waals surface area (Å²) in [6.07, 6.45) is 2.03. The predicted octanol–water partition coefficient (Wildman–Crippen LogP) is 4.68. The highest BCUT2D eigenvalue weighted by molar-refractivity contribution is 7.13. The van der Waals surface area contributed by atoms with Gasteiger partial charge in [-0.05, 0) is 25.0 Å². The summed E-state index contributed by atoms with van der Waals surface area (Å²) in [7, 11) is 0. The van der Waals surface area contributed by atoms with Crippen LogP contribution < -0.4 is 4.90 Å². The number of hydrogen-bond donors (Lipinski definition) is 0. The molecular formula is C21H19N3O4S. The Bertz CT molecular complexity index is 1030. The van der Waals surface area contributed by atoms with Crippen LogP contribution in [0.3, 0.4) is 0 Å². The molecule has 1 saturated heterocycles. The lowest BCUT2D eigenvalue weighted by molar-refractivity contribution is -0.384. The molecular weight excluding hydrogens is 390 g/mol. The van der Waals surface area contributed by atoms with Crippen LogP contribution >= 0.6 is 11.3 Å². The van der Waals surface area contributed by atoms with Gasteiger partial charge in [-0.15, -0.1) is 11.3 Å². The molecule has 1 fully saturated rings. The number of benzene rings is 2. The van der Waals surface area contributed by atoms with Crippen molar-refractivity contribution in [2.45, 2.75) is 19.4 Å². The fourth-order valence-electron chi connectivity index (χ4n) is 3.33. The fraction of sp³-hybridized carbons (Fsp3) is 0.238. The molecule has 148 valence electrons. The quantitative estimate of drug-likeness (QED) is 0.334. The van der Waals surface area contributed by atoms with Gasteiger partial charge < -0.3 is 9.64 Å². The Hall–Kier alpha value is -3.26. The number of carbonyl (C=O) groups excluding carboxylic acids is 1. The molecule has 0 unspecified atom stereocenters. The van der Waals surface area contributed by atoms with E-state index in [1.807, 2.05) is 40.6 Å². The van der Waals surface area contributed by atoms with E-state index in [1.165, 1.54) is 17.4 Å². The first-order valence-electron chi connectivity index (χ1n) is 9.32. The van der Waals surface area contributed by atoms with Crippen molar-refractivity contribution in [3.8, 4) is 10.6 Å². The molecule has 1 aliphatic rings. The van der Waals surface area contributed by atoms with Crippen molar-refractivity contribution in [1.82, 2.24) is 4.98 Å². The van der Waals surface area contributed by atoms with E-state index in [1.54, 1.807) is 12.1 Å². The Morgan fingerprint density at radius 3 is 2.66 bits per heavy atom. The Morgan fingerprint density at radius 1 is 1.17 bits per heavy atom. The molecule has 0 spiro atoms. The molecule has 29 heavy (non-hydrogen) atoms. The lowest BCUT2D eigenvalue weighted by atomic mass is 10.1. The van der Waals surface area contributed by atoms with Crippen LogP contribution in [0.1, 0.15) is 28.9 Å². The van der Waals surface area contributed by atoms with Crippen LogP contribution in [0.2, 0.25) is 0 Å². The Labute approximate surface area is 171 Å². The van der Waals surface area contributed by atoms with Gasteiger partial charge in [0, 0.05) is 30.1 Å². The number of aromatic nitrogens is 1. The molecule has 2 heterocycles. The summed E-state index contributed by atoms with van der Waals surface area (Å²) in [4.78, 5) is 29.9. The van der Waals surface area contributed by atoms with Gasteiger partial charge in [-0.3, -0.25) is 10.1 Å². The van der Waals surface area contributed by atoms with Crippen molar-refractivity contribution in [2.75, 3.05) is 18.0 Å². The standard InChI is InChI=1S/C21H19N3O4S/c25-21(28-13-17-14-29-20(22-17)15-6-2-1-3-7-15)16-8-9-18(19(12-16)24(26)27)23-10-4-5-11-23/h1-3,6-9,12,14H,4-5,10-11,13H2. The molecule has 8 heteroatoms. The summed E-state index contributed by atoms with van der Waals surface area (Å²) < 4.78 is 5.33. The number of nitro groups is 1. The van der Waals surface area contributed by atoms with E-state index in [2.05, 4.69) is 4.98 Å². The molecule has 0 aliphatic carbocycles. The molecule has 1 aliphatic heterocycles. The molecule has 0 saturated carbocycles. The Balaban J connectivity index is 1.45. The predicted molar refractivity (Wildman–Crippen MR) is 111 cm³/mol. The lowest BCUT2D eigenvalue weighted by Crippen LogP contribution is -2.19. The summed E-state index contributed by atoms with van der Waals surface area (Å²) in [6.45, 7) is 1.60. The van der Waals surface area contributed by atoms with E-state index in [4.69, 9.17) is 4.74 Å². The zero-order valence-electron chi connectivity index (χ0n) is 15.6. The zero-order chi connectivity index (χ0) is 20.2. The van der Waals surface area contributed by atoms with Gasteiger partial charge in [0.15, 0.2) is 0 Å². The smallest absolute Gasteiger partial charge is 0.338 e. The topological polar surface area (TPSA) is 85.6 Å². The van der Waals surface area contributed by atoms with Gasteiger partial charge in [-0.2, -0.15) is 0 Å². The van der Waals surface area contributed by atoms with Crippen molar-refractivity contribution in [3.63, 3.8) is 0 Å². The van der Waals surface area contributed by atoms with Crippen molar-refractivity contribution < 1.29 is 14.5 Å². The van der Waals surface area contributed by atoms with Gasteiger partial charge >= 0.3 is 5.97 Å². The first-order valence-corrected chi connectivity index (χ1v) is 10.2. The van der Waals surface area contributed by atoms with E-state index >= 15 is 0 Å². The molecule has 0 amide bonds. The minimum Gasteiger partial charge on any atom is -0.456 e. The summed E-state index contributed by atoms with van der Waals surface area (Å²) >= 11 is 1.48. The van der Waals surface area contributed by atoms with Crippen molar-refractivity contribution >= 4 is 28.7 Å². The molecule has 4 rings (SSSR count). The van der Waals surface area contributed by atoms with Gasteiger partial charge in [-0.1, -0.05) is 30.3 Å². The summed E-state index contributed by atoms with van der Waals surface area (Å²) in [5, 5.41) is 14.2. The van der Waals surface area contributed by atoms with E-state index in [-0.39, 0.29) is 17.9 Å². The van der Waals surface area contributed by atoms with Gasteiger partial charge in [0.2, 0.25) is 0 Å². The van der Waals surface area contributed by atoms with Gasteiger partial charge in [0.05, 0.1) is 16.2 Å². The molecule has 1 aromatic heterocycles. The maximum Gasteiger partial charge on any atom is 0.338 e. The Morgan fingerprint density at radius 2 is 1.93 bits per heavy atom. The summed E-state index contributed by atoms with van der Waals surface area (Å²) in [5.74, 6) is -0.602. The number of hydrogen-bond acceptors (Lipinski definition) is 7. The van der Waals surface area contributed by atoms with Crippen LogP contribution in [0.15, 0.2) is 53.9 Å². The Kier molecular flexibility index (Phi) is 5.53. The van der Waals surface area contributed by atoms with E-state index < -0.39 is 10.9 Å². The average Bonchev–Trinajstić information content (AvgIpc) is 3.44. The van der Waals surface area contributed by atoms with E-state index in [0.717, 1.165) is 36.5 Å². The SMILES string of the molecule is O=C(OCc1csc(-c2ccccc2)n1)c1ccc(N2CCCC2)c([N+](=O)[O-])c1. The number of nitro benzene ring substituents is 1. The largest absolute Gasteiger partial charge is 0.456 e. The summed E-state index contributed by atoms with van der Waals surface area (Å²) in [6, 6.07) is 14.3. The number of carbonyl (C=O) groups is 1. The first-order chi connectivity index (χ1) is 14.1. The van der Waals surface area contributed by atoms with Crippen LogP contribution in [0, 0.1) is 10.1 Å². The van der Waals surface area contributed by atoms with Crippen molar-refractivity contribution in [3.05, 3.63) is 75.3 Å². The van der Waals surface area contributed by atoms with Crippen molar-refractivity contribution in [2.24, 2.45) is 0 Å². The van der Waals surface area contributed by atoms with Crippen LogP contribution in [-0.4, -0.2) is 29.0 Å². The van der Waals surface area contributed by atoms with E-state index in [0.29, 0.717) is 11.4 Å². The number of ether oxygens (including phenoxy) is 1. The maximum atomic E-state index is 12.4. The van der Waals surface area contributed by atoms with Crippen LogP contribution in [0.25, 0.3) is 10.6 Å². The highest BCUT2D eigenvalue weighted by Crippen LogP contribution is 2.32. The fourth-order valence-corrected chi connectivity index (χ4v) is 4.14. The molecule has 3 aromatic rings. The molecule has 0 N–H and O–H groups in total. The zero-order valence-corrected chi connectivity index (χ0v) is 16.4. The number of thiazole rings is 1. The van der Waals surface area contributed by atoms with E-state index in [9.17, 15) is 14.9 Å². The maximum absolute atomic E-state index is 12.4. The van der Waals surface area contributed by atoms with Crippen LogP contribution in [0.5, 0.6) is 0 Å². The lowest BCUT2D eigenvalue weighted by Gasteiger charge is -2.17. The highest BCUT2D eigenvalue weighted by Gasteiger charge is 2.24. The number of nitrogens with zero attached hydrogens (tertiary/aromatic N) is 3. The van der Waals surface area contributed by atoms with Gasteiger partial charge in [0.1, 0.15) is 17.3 Å². The van der Waals surface area contributed by atoms with Gasteiger partial charge in [0.25, 0.3) is 5.69 Å². The normalized spacial score (nSPS) is 13.4. The first kappa shape index (κ1) is 19.1. The third kappa shape index (κ3) is 4.27. The highest BCUT2D eigenvalue weighted by atomic mass is 32.1. The average molecular weight is 409 g/mol. The summed E-state index contributed by atoms with van der Waals surface area (Å²) in [5.41, 5.74) is 2.30. The number of esters is 1. The minimum absolute atomic E-state index is 0.0177. The third-order valence-electron chi connectivity index (χ3n) is 4.78. The third-order valence-corrected chi connectivity index (χ3v) is 5.72. The second-order valence-electron chi connectivity index (χ2n) is 6.74. The molecule has 7 nitrogen and oxygen atoms in total. The molecule has 2 aromatic carbocycles. The van der Waals surface area contributed by atoms with Crippen LogP contribution in [-0.2, 0) is 11.3 Å². The second kappa shape index (κ2) is 8.40. The number of anilines is 1. The number of rotatable bonds is 6. The minimum atomic E-state index is -0.602. The second-order valence-corrected chi connectivity index (χ2v) is 7.60. The van der Waals surface area contributed by atoms with Gasteiger partial charge in [-0.25, -0.2) is 9.78 Å². The molecule has 0 bridgehead atoms. The van der Waals surface area contributed by atoms with Crippen LogP contribution in [0.4, 0.5) is 11.4 Å². The molecule has 0 radical (unpaired) electrons. The van der Waals surface area contributed by atoms with Crippen molar-refractivity contribution in [1.29, 1.82) is 0 Å².